The average Bonchev–Trinajstić information content (AvgIpc) is 2.57. The summed E-state index contributed by atoms with van der Waals surface area (Å²) in [6, 6.07) is -0.539. The van der Waals surface area contributed by atoms with E-state index in [1.807, 2.05) is 6.92 Å². The van der Waals surface area contributed by atoms with Crippen LogP contribution in [-0.4, -0.2) is 23.5 Å². The zero-order valence-corrected chi connectivity index (χ0v) is 9.65. The van der Waals surface area contributed by atoms with Gasteiger partial charge in [-0.2, -0.15) is 0 Å². The second-order valence-electron chi connectivity index (χ2n) is 2.89. The van der Waals surface area contributed by atoms with Crippen molar-refractivity contribution in [1.29, 1.82) is 0 Å². The van der Waals surface area contributed by atoms with Crippen molar-refractivity contribution < 1.29 is 4.79 Å². The highest BCUT2D eigenvalue weighted by Gasteiger charge is 2.06. The van der Waals surface area contributed by atoms with E-state index in [9.17, 15) is 4.79 Å². The standard InChI is InChI=1S/C5H10.C4H7N3OS/c1-4-5(2)3;5-3(8)7-4-6-1-2-9-4/h4H,1-3H3;1-2H2,(H3,5,6,7,8). The lowest BCUT2D eigenvalue weighted by molar-refractivity contribution is 0.253. The third-order valence-corrected chi connectivity index (χ3v) is 2.28. The molecular weight excluding hydrogens is 198 g/mol. The van der Waals surface area contributed by atoms with Crippen LogP contribution in [0, 0.1) is 0 Å². The third-order valence-electron chi connectivity index (χ3n) is 1.39. The third kappa shape index (κ3) is 7.67. The number of allylic oxidation sites excluding steroid dienone is 2. The van der Waals surface area contributed by atoms with Gasteiger partial charge in [-0.25, -0.2) is 4.79 Å². The molecule has 0 fully saturated rings. The van der Waals surface area contributed by atoms with Gasteiger partial charge in [0.1, 0.15) is 0 Å². The zero-order valence-electron chi connectivity index (χ0n) is 8.83. The molecule has 0 atom stereocenters. The van der Waals surface area contributed by atoms with Gasteiger partial charge < -0.3 is 5.73 Å². The van der Waals surface area contributed by atoms with E-state index in [0.29, 0.717) is 5.17 Å². The lowest BCUT2D eigenvalue weighted by Gasteiger charge is -1.95. The van der Waals surface area contributed by atoms with E-state index < -0.39 is 6.03 Å². The van der Waals surface area contributed by atoms with E-state index in [1.165, 1.54) is 17.3 Å². The molecule has 0 aromatic rings. The number of hydrogen-bond donors (Lipinski definition) is 2. The largest absolute Gasteiger partial charge is 0.351 e. The van der Waals surface area contributed by atoms with E-state index >= 15 is 0 Å². The van der Waals surface area contributed by atoms with Crippen molar-refractivity contribution in [2.24, 2.45) is 10.7 Å². The van der Waals surface area contributed by atoms with Gasteiger partial charge in [-0.15, -0.1) is 0 Å². The molecule has 0 aromatic carbocycles. The number of aliphatic imine (C=N–C) groups is 1. The fourth-order valence-corrected chi connectivity index (χ4v) is 1.25. The molecule has 0 aromatic heterocycles. The number of amidine groups is 1. The normalized spacial score (nSPS) is 13.5. The number of hydrogen-bond acceptors (Lipinski definition) is 3. The highest BCUT2D eigenvalue weighted by atomic mass is 32.2. The van der Waals surface area contributed by atoms with Crippen LogP contribution in [0.3, 0.4) is 0 Å². The molecule has 0 spiro atoms. The number of carbonyl (C=O) groups excluding carboxylic acids is 1. The first-order chi connectivity index (χ1) is 6.56. The molecule has 4 nitrogen and oxygen atoms in total. The Balaban J connectivity index is 0.000000292. The number of urea groups is 1. The van der Waals surface area contributed by atoms with Crippen LogP contribution >= 0.6 is 11.8 Å². The van der Waals surface area contributed by atoms with Gasteiger partial charge in [-0.1, -0.05) is 23.4 Å². The number of primary amides is 1. The first-order valence-corrected chi connectivity index (χ1v) is 5.38. The lowest BCUT2D eigenvalue weighted by atomic mass is 10.3. The maximum Gasteiger partial charge on any atom is 0.318 e. The summed E-state index contributed by atoms with van der Waals surface area (Å²) in [5.74, 6) is 0.940. The average molecular weight is 215 g/mol. The number of nitrogens with two attached hydrogens (primary N) is 1. The summed E-state index contributed by atoms with van der Waals surface area (Å²) in [4.78, 5) is 14.1. The van der Waals surface area contributed by atoms with Crippen molar-refractivity contribution >= 4 is 23.0 Å². The molecule has 80 valence electrons. The first kappa shape index (κ1) is 13.0. The number of thioether (sulfide) groups is 1. The van der Waals surface area contributed by atoms with E-state index in [0.717, 1.165) is 12.3 Å². The van der Waals surface area contributed by atoms with Crippen molar-refractivity contribution in [1.82, 2.24) is 5.32 Å². The topological polar surface area (TPSA) is 67.5 Å². The van der Waals surface area contributed by atoms with Crippen molar-refractivity contribution in [2.45, 2.75) is 20.8 Å². The molecule has 0 radical (unpaired) electrons. The molecule has 1 aliphatic heterocycles. The van der Waals surface area contributed by atoms with Crippen LogP contribution in [0.25, 0.3) is 0 Å². The fraction of sp³-hybridized carbons (Fsp3) is 0.556. The molecule has 0 saturated carbocycles. The SMILES string of the molecule is CC=C(C)C.NC(=O)NC1=NCCS1. The zero-order chi connectivity index (χ0) is 11.0. The maximum atomic E-state index is 10.2. The first-order valence-electron chi connectivity index (χ1n) is 4.39. The minimum atomic E-state index is -0.539. The second kappa shape index (κ2) is 7.44. The molecule has 3 N–H and O–H groups in total. The Morgan fingerprint density at radius 3 is 2.50 bits per heavy atom. The van der Waals surface area contributed by atoms with Crippen molar-refractivity contribution in [3.05, 3.63) is 11.6 Å². The molecule has 2 amide bonds. The van der Waals surface area contributed by atoms with Gasteiger partial charge in [-0.05, 0) is 20.8 Å². The summed E-state index contributed by atoms with van der Waals surface area (Å²) in [5, 5.41) is 3.03. The number of rotatable bonds is 0. The highest BCUT2D eigenvalue weighted by Crippen LogP contribution is 2.07. The van der Waals surface area contributed by atoms with Gasteiger partial charge in [0, 0.05) is 5.75 Å². The van der Waals surface area contributed by atoms with Gasteiger partial charge in [0.05, 0.1) is 6.54 Å². The Labute approximate surface area is 89.0 Å². The van der Waals surface area contributed by atoms with Crippen molar-refractivity contribution in [2.75, 3.05) is 12.3 Å². The number of nitrogens with one attached hydrogen (secondary N) is 1. The van der Waals surface area contributed by atoms with E-state index in [-0.39, 0.29) is 0 Å². The smallest absolute Gasteiger partial charge is 0.318 e. The van der Waals surface area contributed by atoms with Crippen molar-refractivity contribution in [3.63, 3.8) is 0 Å². The molecule has 1 rings (SSSR count). The predicted octanol–water partition coefficient (Wildman–Crippen LogP) is 1.73. The molecule has 5 heteroatoms. The van der Waals surface area contributed by atoms with Gasteiger partial charge >= 0.3 is 6.03 Å². The Kier molecular flexibility index (Phi) is 6.92. The summed E-state index contributed by atoms with van der Waals surface area (Å²) in [6.45, 7) is 6.98. The van der Waals surface area contributed by atoms with Gasteiger partial charge in [0.25, 0.3) is 0 Å². The molecule has 1 heterocycles. The molecule has 14 heavy (non-hydrogen) atoms. The Hall–Kier alpha value is -0.970. The molecule has 1 aliphatic rings. The summed E-state index contributed by atoms with van der Waals surface area (Å²) < 4.78 is 0. The van der Waals surface area contributed by atoms with E-state index in [1.54, 1.807) is 0 Å². The number of carbonyl (C=O) groups is 1. The van der Waals surface area contributed by atoms with Crippen LogP contribution in [0.15, 0.2) is 16.6 Å². The van der Waals surface area contributed by atoms with Crippen LogP contribution in [0.2, 0.25) is 0 Å². The fourth-order valence-electron chi connectivity index (χ4n) is 0.516. The van der Waals surface area contributed by atoms with Crippen LogP contribution < -0.4 is 11.1 Å². The minimum Gasteiger partial charge on any atom is -0.351 e. The summed E-state index contributed by atoms with van der Waals surface area (Å²) >= 11 is 1.51. The molecule has 0 aliphatic carbocycles. The predicted molar refractivity (Wildman–Crippen MR) is 62.6 cm³/mol. The maximum absolute atomic E-state index is 10.2. The van der Waals surface area contributed by atoms with Gasteiger partial charge in [-0.3, -0.25) is 10.3 Å². The number of amides is 2. The van der Waals surface area contributed by atoms with Gasteiger partial charge in [0.15, 0.2) is 5.17 Å². The number of nitrogens with zero attached hydrogens (tertiary/aromatic N) is 1. The lowest BCUT2D eigenvalue weighted by Crippen LogP contribution is -2.32. The van der Waals surface area contributed by atoms with Crippen LogP contribution in [-0.2, 0) is 0 Å². The Morgan fingerprint density at radius 1 is 1.64 bits per heavy atom. The quantitative estimate of drug-likeness (QED) is 0.604. The Morgan fingerprint density at radius 2 is 2.21 bits per heavy atom. The summed E-state index contributed by atoms with van der Waals surface area (Å²) in [5.41, 5.74) is 6.21. The van der Waals surface area contributed by atoms with Crippen LogP contribution in [0.1, 0.15) is 20.8 Å². The van der Waals surface area contributed by atoms with E-state index in [2.05, 4.69) is 30.2 Å². The summed E-state index contributed by atoms with van der Waals surface area (Å²) in [7, 11) is 0. The second-order valence-corrected chi connectivity index (χ2v) is 3.97. The molecule has 0 unspecified atom stereocenters. The molecular formula is C9H17N3OS. The highest BCUT2D eigenvalue weighted by molar-refractivity contribution is 8.14. The summed E-state index contributed by atoms with van der Waals surface area (Å²) in [6.07, 6.45) is 2.08. The molecule has 0 saturated heterocycles. The van der Waals surface area contributed by atoms with E-state index in [4.69, 9.17) is 5.73 Å². The van der Waals surface area contributed by atoms with Crippen LogP contribution in [0.5, 0.6) is 0 Å². The van der Waals surface area contributed by atoms with Crippen LogP contribution in [0.4, 0.5) is 4.79 Å². The molecule has 0 bridgehead atoms. The monoisotopic (exact) mass is 215 g/mol. The minimum absolute atomic E-state index is 0.539. The Bertz CT molecular complexity index is 244. The van der Waals surface area contributed by atoms with Gasteiger partial charge in [0.2, 0.25) is 0 Å². The van der Waals surface area contributed by atoms with Crippen molar-refractivity contribution in [3.8, 4) is 0 Å².